The van der Waals surface area contributed by atoms with Crippen LogP contribution in [0.5, 0.6) is 11.6 Å². The molecule has 4 aromatic heterocycles. The monoisotopic (exact) mass is 484 g/mol. The van der Waals surface area contributed by atoms with Crippen molar-refractivity contribution in [2.75, 3.05) is 5.32 Å². The summed E-state index contributed by atoms with van der Waals surface area (Å²) in [6.07, 6.45) is 6.34. The van der Waals surface area contributed by atoms with E-state index in [9.17, 15) is 9.90 Å². The van der Waals surface area contributed by atoms with Crippen LogP contribution in [0.25, 0.3) is 11.2 Å². The van der Waals surface area contributed by atoms with Gasteiger partial charge in [0.15, 0.2) is 11.4 Å². The number of pyridine rings is 3. The Morgan fingerprint density at radius 1 is 1.22 bits per heavy atom. The number of anilines is 2. The number of hydrogen-bond donors (Lipinski definition) is 3. The van der Waals surface area contributed by atoms with E-state index < -0.39 is 0 Å². The molecule has 0 saturated heterocycles. The number of aliphatic hydroxyl groups is 1. The van der Waals surface area contributed by atoms with Crippen LogP contribution < -0.4 is 15.4 Å². The van der Waals surface area contributed by atoms with Gasteiger partial charge in [-0.3, -0.25) is 4.79 Å². The van der Waals surface area contributed by atoms with E-state index in [-0.39, 0.29) is 18.1 Å². The SMILES string of the molecule is Cc1cc(C#N)ncc1Oc1cc(Nc2ccc(C(=O)NC3CCC(O)C3)cn2)c2ncn(C)c2n1. The lowest BCUT2D eigenvalue weighted by Gasteiger charge is -2.13. The molecule has 5 rings (SSSR count). The molecule has 182 valence electrons. The Bertz CT molecular complexity index is 1480. The Kier molecular flexibility index (Phi) is 6.18. The molecule has 0 spiro atoms. The number of carbonyl (C=O) groups excluding carboxylic acids is 1. The highest BCUT2D eigenvalue weighted by Crippen LogP contribution is 2.31. The highest BCUT2D eigenvalue weighted by Gasteiger charge is 2.24. The summed E-state index contributed by atoms with van der Waals surface area (Å²) in [4.78, 5) is 30.0. The minimum Gasteiger partial charge on any atom is -0.437 e. The van der Waals surface area contributed by atoms with E-state index >= 15 is 0 Å². The number of amides is 1. The van der Waals surface area contributed by atoms with Gasteiger partial charge in [-0.25, -0.2) is 15.0 Å². The van der Waals surface area contributed by atoms with Gasteiger partial charge < -0.3 is 25.0 Å². The predicted octanol–water partition coefficient (Wildman–Crippen LogP) is 3.12. The van der Waals surface area contributed by atoms with Crippen molar-refractivity contribution in [2.24, 2.45) is 7.05 Å². The second-order valence-electron chi connectivity index (χ2n) is 8.78. The van der Waals surface area contributed by atoms with Crippen LogP contribution in [-0.4, -0.2) is 47.7 Å². The maximum atomic E-state index is 12.5. The standard InChI is InChI=1S/C25H24N8O3/c1-14-7-17(10-26)27-12-20(14)36-22-9-19(23-24(32-22)33(2)13-29-23)31-21-6-3-15(11-28-21)25(35)30-16-4-5-18(34)8-16/h3,6-7,9,11-13,16,18,34H,4-5,8H2,1-2H3,(H,30,35)(H,28,31,32). The molecule has 11 heteroatoms. The maximum Gasteiger partial charge on any atom is 0.253 e. The number of ether oxygens (including phenoxy) is 1. The molecule has 3 N–H and O–H groups in total. The highest BCUT2D eigenvalue weighted by atomic mass is 16.5. The maximum absolute atomic E-state index is 12.5. The van der Waals surface area contributed by atoms with E-state index in [1.807, 2.05) is 20.0 Å². The molecule has 1 amide bonds. The van der Waals surface area contributed by atoms with Crippen molar-refractivity contribution in [3.05, 3.63) is 59.8 Å². The van der Waals surface area contributed by atoms with E-state index in [0.29, 0.717) is 58.4 Å². The number of carbonyl (C=O) groups is 1. The van der Waals surface area contributed by atoms with Crippen molar-refractivity contribution in [3.63, 3.8) is 0 Å². The van der Waals surface area contributed by atoms with Gasteiger partial charge in [0.2, 0.25) is 5.88 Å². The van der Waals surface area contributed by atoms with Crippen LogP contribution >= 0.6 is 0 Å². The molecular formula is C25H24N8O3. The summed E-state index contributed by atoms with van der Waals surface area (Å²) in [5.74, 6) is 1.10. The van der Waals surface area contributed by atoms with E-state index in [4.69, 9.17) is 10.00 Å². The van der Waals surface area contributed by atoms with Crippen LogP contribution in [0.2, 0.25) is 0 Å². The Hall–Kier alpha value is -4.56. The zero-order chi connectivity index (χ0) is 25.2. The van der Waals surface area contributed by atoms with Gasteiger partial charge in [0.25, 0.3) is 5.91 Å². The van der Waals surface area contributed by atoms with Crippen molar-refractivity contribution < 1.29 is 14.6 Å². The Morgan fingerprint density at radius 3 is 2.78 bits per heavy atom. The number of aliphatic hydroxyl groups excluding tert-OH is 1. The average molecular weight is 485 g/mol. The fourth-order valence-corrected chi connectivity index (χ4v) is 4.14. The number of nitrogens with zero attached hydrogens (tertiary/aromatic N) is 6. The second kappa shape index (κ2) is 9.59. The van der Waals surface area contributed by atoms with Gasteiger partial charge in [-0.15, -0.1) is 0 Å². The third kappa shape index (κ3) is 4.80. The summed E-state index contributed by atoms with van der Waals surface area (Å²) in [7, 11) is 1.83. The van der Waals surface area contributed by atoms with Gasteiger partial charge in [0.1, 0.15) is 23.1 Å². The number of rotatable bonds is 6. The molecule has 1 fully saturated rings. The number of fused-ring (bicyclic) bond motifs is 1. The second-order valence-corrected chi connectivity index (χ2v) is 8.78. The van der Waals surface area contributed by atoms with Crippen LogP contribution in [0.4, 0.5) is 11.5 Å². The molecule has 0 aliphatic heterocycles. The summed E-state index contributed by atoms with van der Waals surface area (Å²) in [5, 5.41) is 24.9. The quantitative estimate of drug-likeness (QED) is 0.375. The molecule has 0 radical (unpaired) electrons. The van der Waals surface area contributed by atoms with Crippen LogP contribution in [-0.2, 0) is 7.05 Å². The Morgan fingerprint density at radius 2 is 2.08 bits per heavy atom. The third-order valence-corrected chi connectivity index (χ3v) is 6.07. The van der Waals surface area contributed by atoms with Crippen molar-refractivity contribution in [1.29, 1.82) is 5.26 Å². The lowest BCUT2D eigenvalue weighted by molar-refractivity contribution is 0.0933. The van der Waals surface area contributed by atoms with Crippen molar-refractivity contribution in [2.45, 2.75) is 38.3 Å². The largest absolute Gasteiger partial charge is 0.437 e. The molecule has 0 aromatic carbocycles. The van der Waals surface area contributed by atoms with Crippen LogP contribution in [0.3, 0.4) is 0 Å². The summed E-state index contributed by atoms with van der Waals surface area (Å²) in [6, 6.07) is 8.74. The number of imidazole rings is 1. The van der Waals surface area contributed by atoms with Gasteiger partial charge in [0.05, 0.1) is 29.9 Å². The number of nitriles is 1. The number of nitrogens with one attached hydrogen (secondary N) is 2. The van der Waals surface area contributed by atoms with Gasteiger partial charge >= 0.3 is 0 Å². The highest BCUT2D eigenvalue weighted by molar-refractivity contribution is 5.94. The molecule has 36 heavy (non-hydrogen) atoms. The molecule has 11 nitrogen and oxygen atoms in total. The lowest BCUT2D eigenvalue weighted by Crippen LogP contribution is -2.33. The fraction of sp³-hybridized carbons (Fsp3) is 0.280. The minimum absolute atomic E-state index is 0.0204. The topological polar surface area (TPSA) is 151 Å². The van der Waals surface area contributed by atoms with Crippen LogP contribution in [0.15, 0.2) is 43.0 Å². The lowest BCUT2D eigenvalue weighted by atomic mass is 10.2. The van der Waals surface area contributed by atoms with Gasteiger partial charge in [0, 0.05) is 25.4 Å². The average Bonchev–Trinajstić information content (AvgIpc) is 3.45. The van der Waals surface area contributed by atoms with Crippen molar-refractivity contribution >= 4 is 28.6 Å². The molecule has 0 bridgehead atoms. The normalized spacial score (nSPS) is 17.1. The van der Waals surface area contributed by atoms with Crippen LogP contribution in [0, 0.1) is 18.3 Å². The van der Waals surface area contributed by atoms with Gasteiger partial charge in [-0.2, -0.15) is 10.2 Å². The van der Waals surface area contributed by atoms with E-state index in [2.05, 4.69) is 30.6 Å². The first kappa shape index (κ1) is 23.2. The van der Waals surface area contributed by atoms with Crippen molar-refractivity contribution in [1.82, 2.24) is 29.8 Å². The first-order valence-corrected chi connectivity index (χ1v) is 11.5. The molecule has 1 aliphatic rings. The molecule has 4 aromatic rings. The number of hydrogen-bond acceptors (Lipinski definition) is 9. The summed E-state index contributed by atoms with van der Waals surface area (Å²) >= 11 is 0. The molecule has 4 heterocycles. The first-order valence-electron chi connectivity index (χ1n) is 11.5. The zero-order valence-corrected chi connectivity index (χ0v) is 19.8. The van der Waals surface area contributed by atoms with Gasteiger partial charge in [-0.05, 0) is 49.9 Å². The number of aryl methyl sites for hydroxylation is 2. The molecule has 1 aliphatic carbocycles. The van der Waals surface area contributed by atoms with E-state index in [1.165, 1.54) is 12.4 Å². The molecular weight excluding hydrogens is 460 g/mol. The van der Waals surface area contributed by atoms with Crippen LogP contribution in [0.1, 0.15) is 40.9 Å². The third-order valence-electron chi connectivity index (χ3n) is 6.07. The first-order chi connectivity index (χ1) is 17.4. The molecule has 1 saturated carbocycles. The predicted molar refractivity (Wildman–Crippen MR) is 131 cm³/mol. The Labute approximate surface area is 206 Å². The summed E-state index contributed by atoms with van der Waals surface area (Å²) < 4.78 is 7.76. The Balaban J connectivity index is 1.37. The summed E-state index contributed by atoms with van der Waals surface area (Å²) in [5.41, 5.74) is 3.35. The molecule has 2 atom stereocenters. The van der Waals surface area contributed by atoms with Crippen molar-refractivity contribution in [3.8, 4) is 17.7 Å². The van der Waals surface area contributed by atoms with Gasteiger partial charge in [-0.1, -0.05) is 0 Å². The number of aromatic nitrogens is 5. The fourth-order valence-electron chi connectivity index (χ4n) is 4.14. The molecule has 2 unspecified atom stereocenters. The minimum atomic E-state index is -0.352. The van der Waals surface area contributed by atoms with E-state index in [0.717, 1.165) is 12.0 Å². The smallest absolute Gasteiger partial charge is 0.253 e. The summed E-state index contributed by atoms with van der Waals surface area (Å²) in [6.45, 7) is 1.83. The zero-order valence-electron chi connectivity index (χ0n) is 19.8. The van der Waals surface area contributed by atoms with E-state index in [1.54, 1.807) is 35.2 Å².